The Bertz CT molecular complexity index is 1310. The second kappa shape index (κ2) is 11.6. The number of fused-ring (bicyclic) bond motifs is 3. The van der Waals surface area contributed by atoms with Gasteiger partial charge in [-0.05, 0) is 45.1 Å². The van der Waals surface area contributed by atoms with Crippen molar-refractivity contribution in [3.8, 4) is 5.75 Å². The molecule has 0 aromatic heterocycles. The molecule has 0 heterocycles. The summed E-state index contributed by atoms with van der Waals surface area (Å²) in [7, 11) is 9.48. The van der Waals surface area contributed by atoms with Crippen molar-refractivity contribution in [2.75, 3.05) is 41.8 Å². The number of hydrogen-bond donors (Lipinski definition) is 6. The molecule has 0 aliphatic heterocycles. The van der Waals surface area contributed by atoms with Crippen molar-refractivity contribution in [3.05, 3.63) is 64.6 Å². The maximum Gasteiger partial charge on any atom is 2.00 e. The van der Waals surface area contributed by atoms with Gasteiger partial charge in [0.2, 0.25) is 5.78 Å². The van der Waals surface area contributed by atoms with Gasteiger partial charge < -0.3 is 35.7 Å². The number of phenolic OH excluding ortho intramolecular Hbond substituents is 1. The number of phenols is 1. The van der Waals surface area contributed by atoms with Crippen LogP contribution in [0, 0.1) is 11.8 Å². The molecule has 0 saturated heterocycles. The van der Waals surface area contributed by atoms with Crippen LogP contribution in [0.2, 0.25) is 0 Å². The Labute approximate surface area is 263 Å². The number of primary amides is 1. The van der Waals surface area contributed by atoms with Crippen molar-refractivity contribution < 1.29 is 44.4 Å². The average Bonchev–Trinajstić information content (AvgIpc) is 2.79. The first-order chi connectivity index (χ1) is 17.8. The normalized spacial score (nSPS) is 29.5. The summed E-state index contributed by atoms with van der Waals surface area (Å²) in [6.07, 6.45) is 1.73. The van der Waals surface area contributed by atoms with Gasteiger partial charge in [-0.3, -0.25) is 19.3 Å². The van der Waals surface area contributed by atoms with Crippen molar-refractivity contribution >= 4 is 55.2 Å². The van der Waals surface area contributed by atoms with Crippen LogP contribution in [0.15, 0.2) is 53.5 Å². The molecule has 1 aromatic rings. The summed E-state index contributed by atoms with van der Waals surface area (Å²) in [5.41, 5.74) is -0.654. The van der Waals surface area contributed by atoms with E-state index in [2.05, 4.69) is 27.7 Å². The maximum atomic E-state index is 13.3. The molecule has 0 unspecified atom stereocenters. The topological polar surface area (TPSA) is 182 Å². The Balaban J connectivity index is 0.000000623. The predicted molar refractivity (Wildman–Crippen MR) is 148 cm³/mol. The molecule has 0 fully saturated rings. The van der Waals surface area contributed by atoms with Crippen LogP contribution >= 0.6 is 0 Å². The molecule has 0 radical (unpaired) electrons. The predicted octanol–water partition coefficient (Wildman–Crippen LogP) is 0.283. The Hall–Kier alpha value is -2.25. The number of nitrogens with two attached hydrogens (primary N) is 1. The number of carbonyl (C=O) groups is 3. The smallest absolute Gasteiger partial charge is 0.510 e. The SMILES string of the molecule is C=CC[N+](C)(C)C.CN(C)[C@@H]1C(O)=C(C(N)=O)C(=O)[C@@]2(O)C(O)=C3C(=O)c4c(O)cccc4[C@@](C)(O)[C@H]3C[C@@H]12.[Ca+2]. The number of aliphatic hydroxyl groups excluding tert-OH is 2. The molecule has 1 amide bonds. The van der Waals surface area contributed by atoms with Crippen LogP contribution in [0.3, 0.4) is 0 Å². The van der Waals surface area contributed by atoms with E-state index in [0.29, 0.717) is 0 Å². The van der Waals surface area contributed by atoms with E-state index in [1.54, 1.807) is 0 Å². The summed E-state index contributed by atoms with van der Waals surface area (Å²) in [5, 5.41) is 55.0. The molecule has 5 atom stereocenters. The molecule has 4 rings (SSSR count). The van der Waals surface area contributed by atoms with E-state index in [-0.39, 0.29) is 55.3 Å². The number of nitrogens with zero attached hydrogens (tertiary/aromatic N) is 2. The number of aliphatic hydroxyl groups is 4. The average molecular weight is 585 g/mol. The fourth-order valence-electron chi connectivity index (χ4n) is 5.90. The number of Topliss-reactive ketones (excluding diaryl/α,β-unsaturated/α-hetero) is 2. The van der Waals surface area contributed by atoms with E-state index < -0.39 is 75.0 Å². The van der Waals surface area contributed by atoms with Crippen molar-refractivity contribution in [1.82, 2.24) is 4.90 Å². The quantitative estimate of drug-likeness (QED) is 0.125. The summed E-state index contributed by atoms with van der Waals surface area (Å²) >= 11 is 0. The van der Waals surface area contributed by atoms with Crippen LogP contribution in [0.1, 0.15) is 29.3 Å². The van der Waals surface area contributed by atoms with E-state index in [1.807, 2.05) is 6.08 Å². The number of rotatable bonds is 4. The van der Waals surface area contributed by atoms with E-state index in [4.69, 9.17) is 5.73 Å². The summed E-state index contributed by atoms with van der Waals surface area (Å²) in [4.78, 5) is 39.9. The number of amides is 1. The molecular formula is C28H38CaN3O8+3. The van der Waals surface area contributed by atoms with Gasteiger partial charge in [-0.2, -0.15) is 0 Å². The summed E-state index contributed by atoms with van der Waals surface area (Å²) in [5.74, 6) is -7.89. The van der Waals surface area contributed by atoms with Crippen molar-refractivity contribution in [2.45, 2.75) is 30.6 Å². The number of aromatic hydroxyl groups is 1. The number of likely N-dealkylation sites (N-methyl/N-ethyl adjacent to an activating group) is 2. The van der Waals surface area contributed by atoms with Gasteiger partial charge in [0.25, 0.3) is 5.91 Å². The number of ketones is 2. The zero-order valence-electron chi connectivity index (χ0n) is 23.8. The largest absolute Gasteiger partial charge is 2.00 e. The molecule has 1 aromatic carbocycles. The van der Waals surface area contributed by atoms with E-state index in [9.17, 15) is 39.9 Å². The number of carbonyl (C=O) groups excluding carboxylic acids is 3. The van der Waals surface area contributed by atoms with Crippen molar-refractivity contribution in [1.29, 1.82) is 0 Å². The number of benzene rings is 1. The molecule has 3 aliphatic carbocycles. The molecule has 0 spiro atoms. The van der Waals surface area contributed by atoms with E-state index >= 15 is 0 Å². The Kier molecular flexibility index (Phi) is 9.81. The fourth-order valence-corrected chi connectivity index (χ4v) is 5.90. The molecule has 212 valence electrons. The molecule has 40 heavy (non-hydrogen) atoms. The molecule has 3 aliphatic rings. The zero-order chi connectivity index (χ0) is 29.8. The van der Waals surface area contributed by atoms with Gasteiger partial charge in [-0.25, -0.2) is 0 Å². The summed E-state index contributed by atoms with van der Waals surface area (Å²) in [6, 6.07) is 3.05. The van der Waals surface area contributed by atoms with Gasteiger partial charge >= 0.3 is 37.7 Å². The van der Waals surface area contributed by atoms with Crippen molar-refractivity contribution in [2.24, 2.45) is 17.6 Å². The Morgan fingerprint density at radius 1 is 1.18 bits per heavy atom. The van der Waals surface area contributed by atoms with Crippen LogP contribution in [0.5, 0.6) is 5.75 Å². The summed E-state index contributed by atoms with van der Waals surface area (Å²) < 4.78 is 0.976. The van der Waals surface area contributed by atoms with E-state index in [1.165, 1.54) is 44.1 Å². The van der Waals surface area contributed by atoms with Crippen LogP contribution in [-0.2, 0) is 15.2 Å². The maximum absolute atomic E-state index is 13.3. The first kappa shape index (κ1) is 34.0. The van der Waals surface area contributed by atoms with Gasteiger partial charge in [0.1, 0.15) is 22.8 Å². The Morgan fingerprint density at radius 3 is 2.20 bits per heavy atom. The van der Waals surface area contributed by atoms with Crippen LogP contribution in [-0.4, -0.2) is 144 Å². The molecule has 11 nitrogen and oxygen atoms in total. The van der Waals surface area contributed by atoms with Gasteiger partial charge in [0, 0.05) is 17.4 Å². The first-order valence-corrected chi connectivity index (χ1v) is 12.4. The van der Waals surface area contributed by atoms with Gasteiger partial charge in [-0.15, -0.1) is 0 Å². The Morgan fingerprint density at radius 2 is 1.75 bits per heavy atom. The van der Waals surface area contributed by atoms with Gasteiger partial charge in [0.05, 0.1) is 44.9 Å². The monoisotopic (exact) mass is 584 g/mol. The van der Waals surface area contributed by atoms with Crippen LogP contribution in [0.25, 0.3) is 0 Å². The minimum absolute atomic E-state index is 0. The third-order valence-corrected chi connectivity index (χ3v) is 7.70. The minimum Gasteiger partial charge on any atom is -0.510 e. The first-order valence-electron chi connectivity index (χ1n) is 12.4. The second-order valence-corrected chi connectivity index (χ2v) is 11.7. The van der Waals surface area contributed by atoms with Crippen LogP contribution < -0.4 is 5.73 Å². The number of quaternary nitrogens is 1. The van der Waals surface area contributed by atoms with Crippen molar-refractivity contribution in [3.63, 3.8) is 0 Å². The van der Waals surface area contributed by atoms with Crippen LogP contribution in [0.4, 0.5) is 0 Å². The molecule has 12 heteroatoms. The standard InChI is InChI=1S/C22H24N2O8.C6H14N.Ca/c1-21(31)8-5-4-6-11(25)12(8)16(26)13-9(21)7-10-15(24(2)3)17(27)14(20(23)30)19(29)22(10,32)18(13)28;1-5-6-7(2,3)4;/h4-6,9-10,15,25,27-28,31-32H,7H2,1-3H3,(H2,23,30);5H,1,6H2,2-4H3;/q;+1;+2/t9-,10-,15-,21+,22-;;/m0../s1. The zero-order valence-corrected chi connectivity index (χ0v) is 26.0. The number of hydrogen-bond acceptors (Lipinski definition) is 9. The summed E-state index contributed by atoms with van der Waals surface area (Å²) in [6.45, 7) is 6.07. The second-order valence-electron chi connectivity index (χ2n) is 11.7. The van der Waals surface area contributed by atoms with Gasteiger partial charge in [-0.1, -0.05) is 18.7 Å². The third kappa shape index (κ3) is 5.36. The molecule has 0 saturated carbocycles. The van der Waals surface area contributed by atoms with E-state index in [0.717, 1.165) is 11.0 Å². The third-order valence-electron chi connectivity index (χ3n) is 7.70. The molecule has 7 N–H and O–H groups in total. The molecular weight excluding hydrogens is 546 g/mol. The van der Waals surface area contributed by atoms with Gasteiger partial charge in [0.15, 0.2) is 11.4 Å². The fraction of sp³-hybridized carbons (Fsp3) is 0.464. The molecule has 0 bridgehead atoms. The minimum atomic E-state index is -2.75.